The number of urea groups is 1. The van der Waals surface area contributed by atoms with E-state index in [2.05, 4.69) is 38.1 Å². The zero-order chi connectivity index (χ0) is 16.7. The number of carbonyl (C=O) groups excluding carboxylic acids is 1. The van der Waals surface area contributed by atoms with Crippen molar-refractivity contribution in [1.29, 1.82) is 0 Å². The Labute approximate surface area is 142 Å². The van der Waals surface area contributed by atoms with E-state index in [0.29, 0.717) is 5.92 Å². The van der Waals surface area contributed by atoms with E-state index in [9.17, 15) is 4.79 Å². The molecule has 4 heteroatoms. The molecule has 2 aromatic carbocycles. The summed E-state index contributed by atoms with van der Waals surface area (Å²) in [6.45, 7) is 5.95. The van der Waals surface area contributed by atoms with Crippen LogP contribution in [0.15, 0.2) is 60.7 Å². The topological polar surface area (TPSA) is 35.9 Å². The molecule has 124 valence electrons. The third kappa shape index (κ3) is 2.38. The van der Waals surface area contributed by atoms with Crippen molar-refractivity contribution in [3.8, 4) is 0 Å². The average molecular weight is 322 g/mol. The van der Waals surface area contributed by atoms with Crippen LogP contribution in [0, 0.1) is 5.92 Å². The highest BCUT2D eigenvalue weighted by molar-refractivity contribution is 5.77. The van der Waals surface area contributed by atoms with Gasteiger partial charge in [-0.05, 0) is 11.5 Å². The Bertz CT molecular complexity index is 724. The van der Waals surface area contributed by atoms with Crippen LogP contribution in [-0.4, -0.2) is 29.1 Å². The van der Waals surface area contributed by atoms with Gasteiger partial charge in [-0.1, -0.05) is 74.5 Å². The van der Waals surface area contributed by atoms with Crippen LogP contribution in [0.25, 0.3) is 0 Å². The van der Waals surface area contributed by atoms with E-state index in [4.69, 9.17) is 4.84 Å². The maximum absolute atomic E-state index is 12.6. The lowest BCUT2D eigenvalue weighted by Crippen LogP contribution is -2.64. The minimum absolute atomic E-state index is 0.0314. The lowest BCUT2D eigenvalue weighted by molar-refractivity contribution is 0.0382. The molecule has 24 heavy (non-hydrogen) atoms. The summed E-state index contributed by atoms with van der Waals surface area (Å²) in [5.74, 6) is 0.476. The fraction of sp³-hybridized carbons (Fsp3) is 0.350. The molecule has 2 aliphatic heterocycles. The number of amides is 2. The van der Waals surface area contributed by atoms with Gasteiger partial charge in [-0.2, -0.15) is 5.06 Å². The van der Waals surface area contributed by atoms with E-state index in [1.54, 1.807) is 0 Å². The van der Waals surface area contributed by atoms with Crippen molar-refractivity contribution in [2.24, 2.45) is 5.92 Å². The Kier molecular flexibility index (Phi) is 3.57. The number of benzene rings is 2. The summed E-state index contributed by atoms with van der Waals surface area (Å²) in [4.78, 5) is 20.0. The van der Waals surface area contributed by atoms with E-state index >= 15 is 0 Å². The van der Waals surface area contributed by atoms with Gasteiger partial charge in [0, 0.05) is 24.1 Å². The van der Waals surface area contributed by atoms with E-state index in [0.717, 1.165) is 18.7 Å². The molecule has 1 atom stereocenters. The standard InChI is InChI=1S/C20H22N2O2/c1-15(2)20(17-11-7-4-8-12-17)13-21(14-20)19(23)22-18(24-22)16-9-5-3-6-10-16/h3-12,15,18H,13-14H2,1-2H3. The summed E-state index contributed by atoms with van der Waals surface area (Å²) in [6, 6.07) is 20.3. The van der Waals surface area contributed by atoms with Gasteiger partial charge in [-0.3, -0.25) is 0 Å². The van der Waals surface area contributed by atoms with Crippen molar-refractivity contribution in [1.82, 2.24) is 9.96 Å². The van der Waals surface area contributed by atoms with Crippen LogP contribution in [0.1, 0.15) is 31.2 Å². The predicted octanol–water partition coefficient (Wildman–Crippen LogP) is 3.96. The summed E-state index contributed by atoms with van der Waals surface area (Å²) in [5, 5.41) is 1.48. The summed E-state index contributed by atoms with van der Waals surface area (Å²) in [7, 11) is 0. The van der Waals surface area contributed by atoms with Crippen molar-refractivity contribution in [2.45, 2.75) is 25.5 Å². The molecule has 2 heterocycles. The van der Waals surface area contributed by atoms with Gasteiger partial charge in [0.05, 0.1) is 0 Å². The van der Waals surface area contributed by atoms with E-state index in [1.165, 1.54) is 10.6 Å². The summed E-state index contributed by atoms with van der Waals surface area (Å²) in [5.41, 5.74) is 2.38. The zero-order valence-electron chi connectivity index (χ0n) is 14.1. The Morgan fingerprint density at radius 3 is 2.21 bits per heavy atom. The van der Waals surface area contributed by atoms with E-state index in [-0.39, 0.29) is 17.7 Å². The van der Waals surface area contributed by atoms with Gasteiger partial charge in [0.15, 0.2) is 0 Å². The molecule has 0 aromatic heterocycles. The van der Waals surface area contributed by atoms with Gasteiger partial charge in [0.1, 0.15) is 0 Å². The van der Waals surface area contributed by atoms with Crippen LogP contribution in [-0.2, 0) is 10.3 Å². The quantitative estimate of drug-likeness (QED) is 0.802. The normalized spacial score (nSPS) is 21.5. The molecule has 4 nitrogen and oxygen atoms in total. The van der Waals surface area contributed by atoms with Gasteiger partial charge < -0.3 is 4.90 Å². The van der Waals surface area contributed by atoms with Crippen LogP contribution < -0.4 is 0 Å². The van der Waals surface area contributed by atoms with Crippen LogP contribution in [0.4, 0.5) is 4.79 Å². The van der Waals surface area contributed by atoms with E-state index in [1.807, 2.05) is 41.3 Å². The van der Waals surface area contributed by atoms with Crippen LogP contribution in [0.2, 0.25) is 0 Å². The summed E-state index contributed by atoms with van der Waals surface area (Å²) in [6.07, 6.45) is -0.232. The highest BCUT2D eigenvalue weighted by Gasteiger charge is 2.53. The van der Waals surface area contributed by atoms with Gasteiger partial charge >= 0.3 is 6.03 Å². The number of rotatable bonds is 3. The second-order valence-corrected chi connectivity index (χ2v) is 7.01. The minimum atomic E-state index is -0.232. The first-order valence-electron chi connectivity index (χ1n) is 8.47. The maximum Gasteiger partial charge on any atom is 0.347 e. The number of likely N-dealkylation sites (tertiary alicyclic amines) is 1. The molecular formula is C20H22N2O2. The third-order valence-corrected chi connectivity index (χ3v) is 5.32. The van der Waals surface area contributed by atoms with Crippen molar-refractivity contribution < 1.29 is 9.63 Å². The molecule has 2 aromatic rings. The average Bonchev–Trinajstić information content (AvgIpc) is 3.36. The number of hydroxylamine groups is 2. The van der Waals surface area contributed by atoms with Crippen LogP contribution in [0.5, 0.6) is 0 Å². The molecule has 2 aliphatic rings. The van der Waals surface area contributed by atoms with Crippen molar-refractivity contribution in [3.05, 3.63) is 71.8 Å². The molecule has 0 N–H and O–H groups in total. The minimum Gasteiger partial charge on any atom is -0.321 e. The second-order valence-electron chi connectivity index (χ2n) is 7.01. The van der Waals surface area contributed by atoms with Gasteiger partial charge in [-0.15, -0.1) is 0 Å². The molecule has 0 spiro atoms. The molecule has 1 unspecified atom stereocenters. The number of hydrogen-bond donors (Lipinski definition) is 0. The largest absolute Gasteiger partial charge is 0.347 e. The van der Waals surface area contributed by atoms with Crippen molar-refractivity contribution >= 4 is 6.03 Å². The Hall–Kier alpha value is -2.33. The molecule has 0 saturated carbocycles. The Balaban J connectivity index is 1.44. The molecule has 4 rings (SSSR count). The second kappa shape index (κ2) is 5.64. The molecular weight excluding hydrogens is 300 g/mol. The first-order valence-corrected chi connectivity index (χ1v) is 8.47. The maximum atomic E-state index is 12.6. The fourth-order valence-corrected chi connectivity index (χ4v) is 3.60. The van der Waals surface area contributed by atoms with Gasteiger partial charge in [0.25, 0.3) is 0 Å². The number of nitrogens with zero attached hydrogens (tertiary/aromatic N) is 2. The highest BCUT2D eigenvalue weighted by atomic mass is 16.8. The number of hydrogen-bond acceptors (Lipinski definition) is 2. The highest BCUT2D eigenvalue weighted by Crippen LogP contribution is 2.44. The monoisotopic (exact) mass is 322 g/mol. The fourth-order valence-electron chi connectivity index (χ4n) is 3.60. The summed E-state index contributed by atoms with van der Waals surface area (Å²) < 4.78 is 0. The molecule has 0 bridgehead atoms. The molecule has 2 amide bonds. The van der Waals surface area contributed by atoms with E-state index < -0.39 is 0 Å². The Morgan fingerprint density at radius 1 is 1.04 bits per heavy atom. The molecule has 2 saturated heterocycles. The molecule has 2 fully saturated rings. The SMILES string of the molecule is CC(C)C1(c2ccccc2)CN(C(=O)N2OC2c2ccccc2)C1. The lowest BCUT2D eigenvalue weighted by Gasteiger charge is -2.53. The first-order chi connectivity index (χ1) is 11.6. The van der Waals surface area contributed by atoms with Gasteiger partial charge in [0.2, 0.25) is 6.23 Å². The molecule has 0 radical (unpaired) electrons. The lowest BCUT2D eigenvalue weighted by atomic mass is 9.66. The zero-order valence-corrected chi connectivity index (χ0v) is 14.1. The Morgan fingerprint density at radius 2 is 1.62 bits per heavy atom. The smallest absolute Gasteiger partial charge is 0.321 e. The van der Waals surface area contributed by atoms with Gasteiger partial charge in [-0.25, -0.2) is 9.63 Å². The third-order valence-electron chi connectivity index (χ3n) is 5.32. The van der Waals surface area contributed by atoms with Crippen LogP contribution >= 0.6 is 0 Å². The van der Waals surface area contributed by atoms with Crippen molar-refractivity contribution in [3.63, 3.8) is 0 Å². The summed E-state index contributed by atoms with van der Waals surface area (Å²) >= 11 is 0. The predicted molar refractivity (Wildman–Crippen MR) is 92.0 cm³/mol. The number of carbonyl (C=O) groups is 1. The molecule has 0 aliphatic carbocycles. The first kappa shape index (κ1) is 15.2. The van der Waals surface area contributed by atoms with Crippen LogP contribution in [0.3, 0.4) is 0 Å². The van der Waals surface area contributed by atoms with Crippen molar-refractivity contribution in [2.75, 3.05) is 13.1 Å².